The SMILES string of the molecule is c1ccc2c(-c3ncc[nH]3)nccc2c1. The highest BCUT2D eigenvalue weighted by Gasteiger charge is 2.05. The Labute approximate surface area is 86.8 Å². The first kappa shape index (κ1) is 8.17. The highest BCUT2D eigenvalue weighted by atomic mass is 14.9. The number of rotatable bonds is 1. The van der Waals surface area contributed by atoms with Gasteiger partial charge in [-0.3, -0.25) is 4.98 Å². The predicted molar refractivity (Wildman–Crippen MR) is 59.3 cm³/mol. The van der Waals surface area contributed by atoms with Gasteiger partial charge < -0.3 is 4.98 Å². The minimum absolute atomic E-state index is 0.812. The Kier molecular flexibility index (Phi) is 1.75. The molecule has 2 heterocycles. The summed E-state index contributed by atoms with van der Waals surface area (Å²) in [6.45, 7) is 0. The lowest BCUT2D eigenvalue weighted by atomic mass is 10.1. The molecule has 3 heteroatoms. The van der Waals surface area contributed by atoms with E-state index in [1.165, 1.54) is 5.39 Å². The van der Waals surface area contributed by atoms with Crippen molar-refractivity contribution in [1.82, 2.24) is 15.0 Å². The molecule has 15 heavy (non-hydrogen) atoms. The minimum Gasteiger partial charge on any atom is -0.343 e. The van der Waals surface area contributed by atoms with Gasteiger partial charge in [-0.05, 0) is 11.5 Å². The zero-order valence-corrected chi connectivity index (χ0v) is 8.01. The third kappa shape index (κ3) is 1.29. The summed E-state index contributed by atoms with van der Waals surface area (Å²) in [5, 5.41) is 2.30. The Balaban J connectivity index is 2.36. The topological polar surface area (TPSA) is 41.6 Å². The van der Waals surface area contributed by atoms with Crippen LogP contribution in [-0.2, 0) is 0 Å². The number of nitrogens with zero attached hydrogens (tertiary/aromatic N) is 2. The number of fused-ring (bicyclic) bond motifs is 1. The van der Waals surface area contributed by atoms with Gasteiger partial charge in [0.1, 0.15) is 5.69 Å². The molecule has 0 bridgehead atoms. The van der Waals surface area contributed by atoms with Crippen LogP contribution in [0.5, 0.6) is 0 Å². The zero-order chi connectivity index (χ0) is 10.1. The molecule has 1 N–H and O–H groups in total. The maximum atomic E-state index is 4.36. The minimum atomic E-state index is 0.812. The van der Waals surface area contributed by atoms with Crippen LogP contribution in [-0.4, -0.2) is 15.0 Å². The maximum Gasteiger partial charge on any atom is 0.156 e. The van der Waals surface area contributed by atoms with E-state index < -0.39 is 0 Å². The van der Waals surface area contributed by atoms with Gasteiger partial charge in [0.15, 0.2) is 5.82 Å². The number of aromatic nitrogens is 3. The van der Waals surface area contributed by atoms with Gasteiger partial charge in [0.25, 0.3) is 0 Å². The van der Waals surface area contributed by atoms with E-state index in [-0.39, 0.29) is 0 Å². The molecular weight excluding hydrogens is 186 g/mol. The van der Waals surface area contributed by atoms with Crippen molar-refractivity contribution < 1.29 is 0 Å². The first-order valence-electron chi connectivity index (χ1n) is 4.78. The van der Waals surface area contributed by atoms with Crippen LogP contribution in [0.25, 0.3) is 22.3 Å². The van der Waals surface area contributed by atoms with Gasteiger partial charge in [0.05, 0.1) is 0 Å². The number of hydrogen-bond donors (Lipinski definition) is 1. The lowest BCUT2D eigenvalue weighted by molar-refractivity contribution is 1.24. The van der Waals surface area contributed by atoms with Crippen LogP contribution in [0.4, 0.5) is 0 Å². The number of benzene rings is 1. The lowest BCUT2D eigenvalue weighted by Gasteiger charge is -2.01. The fourth-order valence-electron chi connectivity index (χ4n) is 1.70. The third-order valence-corrected chi connectivity index (χ3v) is 2.40. The lowest BCUT2D eigenvalue weighted by Crippen LogP contribution is -1.87. The van der Waals surface area contributed by atoms with Gasteiger partial charge in [-0.2, -0.15) is 0 Å². The van der Waals surface area contributed by atoms with Crippen LogP contribution in [0.15, 0.2) is 48.9 Å². The molecule has 0 atom stereocenters. The van der Waals surface area contributed by atoms with E-state index in [4.69, 9.17) is 0 Å². The Morgan fingerprint density at radius 1 is 0.933 bits per heavy atom. The second-order valence-corrected chi connectivity index (χ2v) is 3.32. The zero-order valence-electron chi connectivity index (χ0n) is 8.01. The number of aromatic amines is 1. The van der Waals surface area contributed by atoms with Gasteiger partial charge in [-0.25, -0.2) is 4.98 Å². The van der Waals surface area contributed by atoms with Crippen LogP contribution in [0.2, 0.25) is 0 Å². The number of hydrogen-bond acceptors (Lipinski definition) is 2. The predicted octanol–water partition coefficient (Wildman–Crippen LogP) is 2.62. The molecule has 0 fully saturated rings. The highest BCUT2D eigenvalue weighted by Crippen LogP contribution is 2.22. The quantitative estimate of drug-likeness (QED) is 0.648. The van der Waals surface area contributed by atoms with Gasteiger partial charge >= 0.3 is 0 Å². The largest absolute Gasteiger partial charge is 0.343 e. The van der Waals surface area contributed by atoms with Crippen molar-refractivity contribution in [3.8, 4) is 11.5 Å². The molecule has 0 saturated heterocycles. The van der Waals surface area contributed by atoms with E-state index in [1.54, 1.807) is 18.6 Å². The third-order valence-electron chi connectivity index (χ3n) is 2.40. The molecule has 0 saturated carbocycles. The maximum absolute atomic E-state index is 4.36. The first-order valence-corrected chi connectivity index (χ1v) is 4.78. The fourth-order valence-corrected chi connectivity index (χ4v) is 1.70. The Bertz CT molecular complexity index is 579. The average molecular weight is 195 g/mol. The molecule has 0 aliphatic carbocycles. The fraction of sp³-hybridized carbons (Fsp3) is 0. The van der Waals surface area contributed by atoms with Crippen LogP contribution < -0.4 is 0 Å². The molecule has 72 valence electrons. The number of H-pyrrole nitrogens is 1. The molecule has 0 radical (unpaired) electrons. The highest BCUT2D eigenvalue weighted by molar-refractivity contribution is 5.92. The standard InChI is InChI=1S/C12H9N3/c1-2-4-10-9(3-1)5-6-13-11(10)12-14-7-8-15-12/h1-8H,(H,14,15). The molecule has 3 aromatic rings. The Morgan fingerprint density at radius 3 is 2.73 bits per heavy atom. The summed E-state index contributed by atoms with van der Waals surface area (Å²) in [5.41, 5.74) is 0.901. The number of imidazole rings is 1. The van der Waals surface area contributed by atoms with Gasteiger partial charge in [-0.1, -0.05) is 24.3 Å². The molecular formula is C12H9N3. The van der Waals surface area contributed by atoms with Gasteiger partial charge in [0.2, 0.25) is 0 Å². The molecule has 2 aromatic heterocycles. The monoisotopic (exact) mass is 195 g/mol. The van der Waals surface area contributed by atoms with Crippen molar-refractivity contribution in [3.63, 3.8) is 0 Å². The molecule has 0 unspecified atom stereocenters. The smallest absolute Gasteiger partial charge is 0.156 e. The average Bonchev–Trinajstić information content (AvgIpc) is 2.82. The number of nitrogens with one attached hydrogen (secondary N) is 1. The summed E-state index contributed by atoms with van der Waals surface area (Å²) in [6, 6.07) is 10.2. The van der Waals surface area contributed by atoms with Crippen molar-refractivity contribution in [3.05, 3.63) is 48.9 Å². The van der Waals surface area contributed by atoms with E-state index in [0.29, 0.717) is 0 Å². The summed E-state index contributed by atoms with van der Waals surface area (Å²) in [5.74, 6) is 0.812. The summed E-state index contributed by atoms with van der Waals surface area (Å²) in [4.78, 5) is 11.6. The number of pyridine rings is 1. The molecule has 0 aliphatic rings. The van der Waals surface area contributed by atoms with E-state index in [1.807, 2.05) is 18.2 Å². The second-order valence-electron chi connectivity index (χ2n) is 3.32. The molecule has 0 aliphatic heterocycles. The molecule has 3 nitrogen and oxygen atoms in total. The summed E-state index contributed by atoms with van der Waals surface area (Å²) >= 11 is 0. The normalized spacial score (nSPS) is 10.7. The summed E-state index contributed by atoms with van der Waals surface area (Å²) in [6.07, 6.45) is 5.34. The van der Waals surface area contributed by atoms with Crippen molar-refractivity contribution >= 4 is 10.8 Å². The molecule has 0 spiro atoms. The second kappa shape index (κ2) is 3.20. The van der Waals surface area contributed by atoms with Crippen molar-refractivity contribution in [1.29, 1.82) is 0 Å². The van der Waals surface area contributed by atoms with Crippen LogP contribution in [0.1, 0.15) is 0 Å². The van der Waals surface area contributed by atoms with E-state index in [2.05, 4.69) is 27.1 Å². The van der Waals surface area contributed by atoms with Crippen LogP contribution in [0, 0.1) is 0 Å². The Hall–Kier alpha value is -2.16. The van der Waals surface area contributed by atoms with E-state index in [9.17, 15) is 0 Å². The van der Waals surface area contributed by atoms with Gasteiger partial charge in [0, 0.05) is 24.0 Å². The van der Waals surface area contributed by atoms with Crippen molar-refractivity contribution in [2.75, 3.05) is 0 Å². The van der Waals surface area contributed by atoms with E-state index >= 15 is 0 Å². The van der Waals surface area contributed by atoms with Crippen molar-refractivity contribution in [2.24, 2.45) is 0 Å². The summed E-state index contributed by atoms with van der Waals surface area (Å²) in [7, 11) is 0. The molecule has 1 aromatic carbocycles. The van der Waals surface area contributed by atoms with Crippen LogP contribution >= 0.6 is 0 Å². The van der Waals surface area contributed by atoms with Crippen molar-refractivity contribution in [2.45, 2.75) is 0 Å². The first-order chi connectivity index (χ1) is 7.45. The van der Waals surface area contributed by atoms with Crippen LogP contribution in [0.3, 0.4) is 0 Å². The van der Waals surface area contributed by atoms with E-state index in [0.717, 1.165) is 16.9 Å². The Morgan fingerprint density at radius 2 is 1.87 bits per heavy atom. The molecule has 0 amide bonds. The summed E-state index contributed by atoms with van der Waals surface area (Å²) < 4.78 is 0. The van der Waals surface area contributed by atoms with Gasteiger partial charge in [-0.15, -0.1) is 0 Å². The molecule has 3 rings (SSSR count).